The summed E-state index contributed by atoms with van der Waals surface area (Å²) in [6, 6.07) is 0. The van der Waals surface area contributed by atoms with Crippen LogP contribution in [0.3, 0.4) is 0 Å². The maximum atomic E-state index is 12.9. The van der Waals surface area contributed by atoms with Crippen LogP contribution in [0, 0.1) is 0 Å². The molecule has 6 heteroatoms. The Hall–Kier alpha value is -4.71. The van der Waals surface area contributed by atoms with Crippen molar-refractivity contribution in [2.24, 2.45) is 0 Å². The Bertz CT molecular complexity index is 1730. The molecule has 0 rings (SSSR count). The molecule has 0 fully saturated rings. The summed E-state index contributed by atoms with van der Waals surface area (Å²) in [5, 5.41) is 0. The number of carbonyl (C=O) groups is 3. The van der Waals surface area contributed by atoms with Crippen LogP contribution in [0.1, 0.15) is 278 Å². The molecule has 0 N–H and O–H groups in total. The van der Waals surface area contributed by atoms with Crippen molar-refractivity contribution in [1.82, 2.24) is 0 Å². The Morgan fingerprint density at radius 3 is 0.772 bits per heavy atom. The van der Waals surface area contributed by atoms with Gasteiger partial charge in [0.15, 0.2) is 6.10 Å². The van der Waals surface area contributed by atoms with Gasteiger partial charge in [0, 0.05) is 19.3 Å². The van der Waals surface area contributed by atoms with Crippen LogP contribution in [0.15, 0.2) is 146 Å². The Balaban J connectivity index is 4.19. The molecule has 1 unspecified atom stereocenters. The lowest BCUT2D eigenvalue weighted by Crippen LogP contribution is -2.30. The highest BCUT2D eigenvalue weighted by atomic mass is 16.6. The Morgan fingerprint density at radius 2 is 0.494 bits per heavy atom. The maximum absolute atomic E-state index is 12.9. The molecule has 0 aliphatic rings. The first-order chi connectivity index (χ1) is 39.0. The van der Waals surface area contributed by atoms with E-state index in [2.05, 4.69) is 167 Å². The molecule has 446 valence electrons. The van der Waals surface area contributed by atoms with Crippen LogP contribution in [0.25, 0.3) is 0 Å². The van der Waals surface area contributed by atoms with Crippen LogP contribution in [0.4, 0.5) is 0 Å². The average molecular weight is 1090 g/mol. The van der Waals surface area contributed by atoms with Gasteiger partial charge in [-0.2, -0.15) is 0 Å². The van der Waals surface area contributed by atoms with E-state index in [1.165, 1.54) is 83.5 Å². The van der Waals surface area contributed by atoms with Crippen LogP contribution < -0.4 is 0 Å². The van der Waals surface area contributed by atoms with Gasteiger partial charge in [0.25, 0.3) is 0 Å². The minimum absolute atomic E-state index is 0.0909. The third-order valence-corrected chi connectivity index (χ3v) is 13.3. The quantitative estimate of drug-likeness (QED) is 0.0261. The highest BCUT2D eigenvalue weighted by molar-refractivity contribution is 5.71. The number of hydrogen-bond acceptors (Lipinski definition) is 6. The van der Waals surface area contributed by atoms with Crippen molar-refractivity contribution >= 4 is 17.9 Å². The van der Waals surface area contributed by atoms with Gasteiger partial charge in [0.2, 0.25) is 0 Å². The fourth-order valence-electron chi connectivity index (χ4n) is 8.57. The molecule has 0 bridgehead atoms. The fraction of sp³-hybridized carbons (Fsp3) is 0.630. The summed E-state index contributed by atoms with van der Waals surface area (Å²) in [7, 11) is 0. The molecule has 0 spiro atoms. The summed E-state index contributed by atoms with van der Waals surface area (Å²) in [6.45, 7) is 6.37. The van der Waals surface area contributed by atoms with E-state index in [1.54, 1.807) is 0 Å². The second kappa shape index (κ2) is 65.8. The first-order valence-electron chi connectivity index (χ1n) is 32.3. The molecule has 0 heterocycles. The van der Waals surface area contributed by atoms with Gasteiger partial charge in [0.1, 0.15) is 13.2 Å². The van der Waals surface area contributed by atoms with Crippen molar-refractivity contribution in [2.45, 2.75) is 284 Å². The normalized spacial score (nSPS) is 13.1. The zero-order valence-electron chi connectivity index (χ0n) is 51.1. The van der Waals surface area contributed by atoms with E-state index in [0.29, 0.717) is 19.3 Å². The van der Waals surface area contributed by atoms with E-state index in [4.69, 9.17) is 14.2 Å². The SMILES string of the molecule is CC/C=C\C/C=C\C/C=C\C/C=C\C/C=C\C/C=C\C/C=C\C/C=C\CCCCCCCCCCCCC(=O)OCC(COC(=O)CCCCCCCCCCC)OC(=O)CCCCCC/C=C\C/C=C\C/C=C\C/C=C\CC. The van der Waals surface area contributed by atoms with Gasteiger partial charge in [-0.1, -0.05) is 282 Å². The zero-order chi connectivity index (χ0) is 57.1. The highest BCUT2D eigenvalue weighted by Gasteiger charge is 2.19. The minimum Gasteiger partial charge on any atom is -0.462 e. The lowest BCUT2D eigenvalue weighted by atomic mass is 10.1. The highest BCUT2D eigenvalue weighted by Crippen LogP contribution is 2.15. The monoisotopic (exact) mass is 1090 g/mol. The molecule has 0 amide bonds. The number of hydrogen-bond donors (Lipinski definition) is 0. The molecule has 1 atom stereocenters. The lowest BCUT2D eigenvalue weighted by molar-refractivity contribution is -0.167. The summed E-state index contributed by atoms with van der Waals surface area (Å²) < 4.78 is 16.8. The summed E-state index contributed by atoms with van der Waals surface area (Å²) in [5.41, 5.74) is 0. The number of ether oxygens (including phenoxy) is 3. The molecule has 0 saturated heterocycles. The average Bonchev–Trinajstić information content (AvgIpc) is 3.45. The largest absolute Gasteiger partial charge is 0.462 e. The van der Waals surface area contributed by atoms with Gasteiger partial charge in [-0.15, -0.1) is 0 Å². The van der Waals surface area contributed by atoms with Crippen molar-refractivity contribution in [3.05, 3.63) is 146 Å². The van der Waals surface area contributed by atoms with Gasteiger partial charge in [-0.25, -0.2) is 0 Å². The molecule has 0 aliphatic carbocycles. The predicted molar refractivity (Wildman–Crippen MR) is 343 cm³/mol. The van der Waals surface area contributed by atoms with E-state index < -0.39 is 6.10 Å². The Kier molecular flexibility index (Phi) is 61.9. The molecule has 0 radical (unpaired) electrons. The summed E-state index contributed by atoms with van der Waals surface area (Å²) >= 11 is 0. The molecule has 0 aromatic heterocycles. The van der Waals surface area contributed by atoms with E-state index in [0.717, 1.165) is 154 Å². The molecular formula is C73H118O6. The number of allylic oxidation sites excluding steroid dienone is 24. The lowest BCUT2D eigenvalue weighted by Gasteiger charge is -2.18. The first kappa shape index (κ1) is 74.3. The van der Waals surface area contributed by atoms with Gasteiger partial charge in [-0.05, 0) is 122 Å². The smallest absolute Gasteiger partial charge is 0.306 e. The van der Waals surface area contributed by atoms with Gasteiger partial charge in [0.05, 0.1) is 0 Å². The molecule has 0 aliphatic heterocycles. The van der Waals surface area contributed by atoms with Crippen LogP contribution in [-0.4, -0.2) is 37.2 Å². The van der Waals surface area contributed by atoms with Crippen LogP contribution in [0.2, 0.25) is 0 Å². The van der Waals surface area contributed by atoms with Crippen LogP contribution >= 0.6 is 0 Å². The third kappa shape index (κ3) is 64.0. The van der Waals surface area contributed by atoms with Crippen LogP contribution in [0.5, 0.6) is 0 Å². The summed E-state index contributed by atoms with van der Waals surface area (Å²) in [5.74, 6) is -0.923. The molecule has 0 aromatic carbocycles. The topological polar surface area (TPSA) is 78.9 Å². The molecule has 6 nitrogen and oxygen atoms in total. The third-order valence-electron chi connectivity index (χ3n) is 13.3. The Labute approximate surface area is 487 Å². The van der Waals surface area contributed by atoms with Crippen molar-refractivity contribution in [3.63, 3.8) is 0 Å². The number of esters is 3. The van der Waals surface area contributed by atoms with Gasteiger partial charge in [-0.3, -0.25) is 14.4 Å². The second-order valence-corrected chi connectivity index (χ2v) is 20.9. The summed E-state index contributed by atoms with van der Waals surface area (Å²) in [6.07, 6.45) is 94.4. The molecule has 0 saturated carbocycles. The molecular weight excluding hydrogens is 973 g/mol. The zero-order valence-corrected chi connectivity index (χ0v) is 51.1. The molecule has 0 aromatic rings. The van der Waals surface area contributed by atoms with Crippen molar-refractivity contribution in [3.8, 4) is 0 Å². The maximum Gasteiger partial charge on any atom is 0.306 e. The Morgan fingerprint density at radius 1 is 0.266 bits per heavy atom. The number of carbonyl (C=O) groups excluding carboxylic acids is 3. The van der Waals surface area contributed by atoms with Gasteiger partial charge >= 0.3 is 17.9 Å². The van der Waals surface area contributed by atoms with Crippen molar-refractivity contribution < 1.29 is 28.6 Å². The minimum atomic E-state index is -0.795. The second-order valence-electron chi connectivity index (χ2n) is 20.9. The number of unbranched alkanes of at least 4 members (excludes halogenated alkanes) is 22. The first-order valence-corrected chi connectivity index (χ1v) is 32.3. The standard InChI is InChI=1S/C73H118O6/c1-4-7-10-13-16-19-21-23-25-27-28-29-30-31-32-33-34-35-36-37-38-39-40-41-42-43-44-46-47-49-51-54-57-60-63-66-72(75)78-69-70(68-77-71(74)65-62-59-56-53-18-15-12-9-6-3)79-73(76)67-64-61-58-55-52-50-48-45-26-24-22-20-17-14-11-8-5-2/h7-8,10-11,16-17,19-20,23-26,28-29,31-32,34-35,37-38,40-41,48,50,70H,4-6,9,12-15,18,21-22,27,30,33,36,39,42-47,49,51-69H2,1-3H3/b10-7-,11-8-,19-16-,20-17-,25-23-,26-24-,29-28-,32-31-,35-34-,38-37-,41-40-,50-48-. The van der Waals surface area contributed by atoms with Crippen molar-refractivity contribution in [1.29, 1.82) is 0 Å². The van der Waals surface area contributed by atoms with E-state index in [1.807, 2.05) is 0 Å². The summed E-state index contributed by atoms with van der Waals surface area (Å²) in [4.78, 5) is 38.1. The van der Waals surface area contributed by atoms with Gasteiger partial charge < -0.3 is 14.2 Å². The number of rotatable bonds is 57. The predicted octanol–water partition coefficient (Wildman–Crippen LogP) is 22.3. The van der Waals surface area contributed by atoms with E-state index >= 15 is 0 Å². The molecule has 79 heavy (non-hydrogen) atoms. The van der Waals surface area contributed by atoms with Crippen molar-refractivity contribution in [2.75, 3.05) is 13.2 Å². The van der Waals surface area contributed by atoms with E-state index in [-0.39, 0.29) is 31.1 Å². The van der Waals surface area contributed by atoms with E-state index in [9.17, 15) is 14.4 Å². The fourth-order valence-corrected chi connectivity index (χ4v) is 8.57. The van der Waals surface area contributed by atoms with Crippen LogP contribution in [-0.2, 0) is 28.6 Å².